The van der Waals surface area contributed by atoms with Crippen molar-refractivity contribution in [3.63, 3.8) is 0 Å². The van der Waals surface area contributed by atoms with Crippen LogP contribution in [0, 0.1) is 5.92 Å². The molecule has 1 rings (SSSR count). The van der Waals surface area contributed by atoms with Gasteiger partial charge < -0.3 is 4.98 Å². The SMILES string of the molecule is CCC(C)(C)c1[nH]c(C(C)C(C)C)nc1C(C)(C)C. The summed E-state index contributed by atoms with van der Waals surface area (Å²) < 4.78 is 0. The van der Waals surface area contributed by atoms with Crippen LogP contribution in [0.2, 0.25) is 0 Å². The summed E-state index contributed by atoms with van der Waals surface area (Å²) in [6, 6.07) is 0. The van der Waals surface area contributed by atoms with Crippen molar-refractivity contribution < 1.29 is 0 Å². The van der Waals surface area contributed by atoms with Crippen LogP contribution in [0.3, 0.4) is 0 Å². The van der Waals surface area contributed by atoms with Gasteiger partial charge in [0.2, 0.25) is 0 Å². The van der Waals surface area contributed by atoms with Gasteiger partial charge in [-0.1, -0.05) is 62.3 Å². The molecular weight excluding hydrogens is 232 g/mol. The van der Waals surface area contributed by atoms with E-state index in [1.165, 1.54) is 11.4 Å². The predicted octanol–water partition coefficient (Wildman–Crippen LogP) is 5.15. The van der Waals surface area contributed by atoms with E-state index >= 15 is 0 Å². The van der Waals surface area contributed by atoms with Gasteiger partial charge in [-0.05, 0) is 12.3 Å². The molecule has 0 saturated carbocycles. The van der Waals surface area contributed by atoms with E-state index in [1.807, 2.05) is 0 Å². The lowest BCUT2D eigenvalue weighted by atomic mass is 9.79. The molecule has 0 amide bonds. The van der Waals surface area contributed by atoms with E-state index in [9.17, 15) is 0 Å². The second-order valence-electron chi connectivity index (χ2n) is 7.87. The number of imidazole rings is 1. The molecule has 2 heteroatoms. The molecular formula is C17H32N2. The molecule has 19 heavy (non-hydrogen) atoms. The van der Waals surface area contributed by atoms with Crippen LogP contribution in [0.1, 0.15) is 91.9 Å². The molecule has 0 radical (unpaired) electrons. The van der Waals surface area contributed by atoms with Crippen molar-refractivity contribution in [1.82, 2.24) is 9.97 Å². The standard InChI is InChI=1S/C17H32N2/c1-10-17(8,9)14-13(16(5,6)7)18-15(19-14)12(4)11(2)3/h11-12H,10H2,1-9H3,(H,18,19). The second-order valence-corrected chi connectivity index (χ2v) is 7.87. The molecule has 0 saturated heterocycles. The molecule has 1 atom stereocenters. The number of rotatable bonds is 4. The minimum absolute atomic E-state index is 0.0905. The number of aromatic amines is 1. The summed E-state index contributed by atoms with van der Waals surface area (Å²) in [6.07, 6.45) is 1.12. The third kappa shape index (κ3) is 3.40. The molecule has 0 aliphatic rings. The third-order valence-electron chi connectivity index (χ3n) is 4.42. The fourth-order valence-electron chi connectivity index (χ4n) is 2.13. The molecule has 1 aromatic rings. The van der Waals surface area contributed by atoms with E-state index in [0.717, 1.165) is 12.2 Å². The van der Waals surface area contributed by atoms with Gasteiger partial charge in [0.05, 0.1) is 5.69 Å². The van der Waals surface area contributed by atoms with Crippen LogP contribution in [-0.2, 0) is 10.8 Å². The van der Waals surface area contributed by atoms with Crippen molar-refractivity contribution in [2.24, 2.45) is 5.92 Å². The first-order valence-electron chi connectivity index (χ1n) is 7.61. The maximum Gasteiger partial charge on any atom is 0.109 e. The van der Waals surface area contributed by atoms with E-state index in [1.54, 1.807) is 0 Å². The van der Waals surface area contributed by atoms with Crippen LogP contribution in [0.4, 0.5) is 0 Å². The Morgan fingerprint density at radius 3 is 1.95 bits per heavy atom. The molecule has 1 N–H and O–H groups in total. The van der Waals surface area contributed by atoms with Crippen molar-refractivity contribution in [3.05, 3.63) is 17.2 Å². The van der Waals surface area contributed by atoms with Gasteiger partial charge in [-0.2, -0.15) is 0 Å². The summed E-state index contributed by atoms with van der Waals surface area (Å²) in [5.74, 6) is 2.23. The Bertz CT molecular complexity index is 419. The fourth-order valence-corrected chi connectivity index (χ4v) is 2.13. The summed E-state index contributed by atoms with van der Waals surface area (Å²) in [4.78, 5) is 8.61. The lowest BCUT2D eigenvalue weighted by molar-refractivity contribution is 0.463. The van der Waals surface area contributed by atoms with Crippen molar-refractivity contribution in [2.75, 3.05) is 0 Å². The Balaban J connectivity index is 3.37. The van der Waals surface area contributed by atoms with E-state index < -0.39 is 0 Å². The first-order chi connectivity index (χ1) is 8.50. The highest BCUT2D eigenvalue weighted by molar-refractivity contribution is 5.29. The number of nitrogens with zero attached hydrogens (tertiary/aromatic N) is 1. The van der Waals surface area contributed by atoms with Gasteiger partial charge in [0, 0.05) is 22.4 Å². The average Bonchev–Trinajstić information content (AvgIpc) is 2.72. The second kappa shape index (κ2) is 5.30. The van der Waals surface area contributed by atoms with Gasteiger partial charge in [-0.25, -0.2) is 4.98 Å². The summed E-state index contributed by atoms with van der Waals surface area (Å²) in [5, 5.41) is 0. The number of aromatic nitrogens is 2. The van der Waals surface area contributed by atoms with Gasteiger partial charge in [-0.15, -0.1) is 0 Å². The zero-order valence-corrected chi connectivity index (χ0v) is 14.3. The molecule has 0 aliphatic heterocycles. The van der Waals surface area contributed by atoms with Crippen molar-refractivity contribution >= 4 is 0 Å². The minimum atomic E-state index is 0.0905. The summed E-state index contributed by atoms with van der Waals surface area (Å²) >= 11 is 0. The molecule has 0 bridgehead atoms. The lowest BCUT2D eigenvalue weighted by Crippen LogP contribution is -2.23. The van der Waals surface area contributed by atoms with Crippen LogP contribution >= 0.6 is 0 Å². The first kappa shape index (κ1) is 16.3. The molecule has 0 aromatic carbocycles. The van der Waals surface area contributed by atoms with Gasteiger partial charge in [0.1, 0.15) is 5.82 Å². The van der Waals surface area contributed by atoms with E-state index in [-0.39, 0.29) is 10.8 Å². The zero-order chi connectivity index (χ0) is 15.0. The lowest BCUT2D eigenvalue weighted by Gasteiger charge is -2.27. The van der Waals surface area contributed by atoms with Gasteiger partial charge in [-0.3, -0.25) is 0 Å². The van der Waals surface area contributed by atoms with Crippen molar-refractivity contribution in [3.8, 4) is 0 Å². The Morgan fingerprint density at radius 1 is 1.05 bits per heavy atom. The predicted molar refractivity (Wildman–Crippen MR) is 83.9 cm³/mol. The zero-order valence-electron chi connectivity index (χ0n) is 14.3. The van der Waals surface area contributed by atoms with Gasteiger partial charge >= 0.3 is 0 Å². The highest BCUT2D eigenvalue weighted by Gasteiger charge is 2.32. The number of hydrogen-bond acceptors (Lipinski definition) is 1. The van der Waals surface area contributed by atoms with E-state index in [0.29, 0.717) is 11.8 Å². The quantitative estimate of drug-likeness (QED) is 0.800. The summed E-state index contributed by atoms with van der Waals surface area (Å²) in [7, 11) is 0. The topological polar surface area (TPSA) is 28.7 Å². The van der Waals surface area contributed by atoms with Crippen LogP contribution in [-0.4, -0.2) is 9.97 Å². The number of H-pyrrole nitrogens is 1. The van der Waals surface area contributed by atoms with Crippen LogP contribution in [0.25, 0.3) is 0 Å². The largest absolute Gasteiger partial charge is 0.345 e. The highest BCUT2D eigenvalue weighted by atomic mass is 15.0. The molecule has 1 aromatic heterocycles. The van der Waals surface area contributed by atoms with Crippen LogP contribution < -0.4 is 0 Å². The average molecular weight is 264 g/mol. The van der Waals surface area contributed by atoms with Crippen molar-refractivity contribution in [1.29, 1.82) is 0 Å². The first-order valence-corrected chi connectivity index (χ1v) is 7.61. The summed E-state index contributed by atoms with van der Waals surface area (Å²) in [6.45, 7) is 20.4. The van der Waals surface area contributed by atoms with Crippen molar-refractivity contribution in [2.45, 2.75) is 85.5 Å². The normalized spacial score (nSPS) is 15.1. The van der Waals surface area contributed by atoms with Gasteiger partial charge in [0.25, 0.3) is 0 Å². The third-order valence-corrected chi connectivity index (χ3v) is 4.42. The molecule has 0 fully saturated rings. The Kier molecular flexibility index (Phi) is 4.54. The summed E-state index contributed by atoms with van der Waals surface area (Å²) in [5.41, 5.74) is 2.81. The maximum atomic E-state index is 4.96. The molecule has 1 heterocycles. The maximum absolute atomic E-state index is 4.96. The number of hydrogen-bond donors (Lipinski definition) is 1. The van der Waals surface area contributed by atoms with Crippen LogP contribution in [0.5, 0.6) is 0 Å². The number of nitrogens with one attached hydrogen (secondary N) is 1. The Morgan fingerprint density at radius 2 is 1.58 bits per heavy atom. The molecule has 0 aliphatic carbocycles. The molecule has 1 unspecified atom stereocenters. The van der Waals surface area contributed by atoms with Crippen LogP contribution in [0.15, 0.2) is 0 Å². The van der Waals surface area contributed by atoms with E-state index in [2.05, 4.69) is 67.3 Å². The Labute approximate surface area is 119 Å². The fraction of sp³-hybridized carbons (Fsp3) is 0.824. The molecule has 0 spiro atoms. The molecule has 110 valence electrons. The minimum Gasteiger partial charge on any atom is -0.345 e. The van der Waals surface area contributed by atoms with Gasteiger partial charge in [0.15, 0.2) is 0 Å². The smallest absolute Gasteiger partial charge is 0.109 e. The van der Waals surface area contributed by atoms with E-state index in [4.69, 9.17) is 4.98 Å². The monoisotopic (exact) mass is 264 g/mol. The Hall–Kier alpha value is -0.790. The molecule has 2 nitrogen and oxygen atoms in total. The highest BCUT2D eigenvalue weighted by Crippen LogP contribution is 2.36.